The molecule has 3 rings (SSSR count). The Hall–Kier alpha value is -2.58. The van der Waals surface area contributed by atoms with E-state index in [-0.39, 0.29) is 28.8 Å². The van der Waals surface area contributed by atoms with Gasteiger partial charge in [-0.25, -0.2) is 8.42 Å². The summed E-state index contributed by atoms with van der Waals surface area (Å²) in [6.07, 6.45) is -0.968. The van der Waals surface area contributed by atoms with E-state index >= 15 is 0 Å². The predicted octanol–water partition coefficient (Wildman–Crippen LogP) is 4.14. The van der Waals surface area contributed by atoms with Crippen LogP contribution in [0.3, 0.4) is 0 Å². The first-order valence-corrected chi connectivity index (χ1v) is 12.1. The van der Waals surface area contributed by atoms with Crippen LogP contribution in [0.2, 0.25) is 10.0 Å². The van der Waals surface area contributed by atoms with Gasteiger partial charge in [0.05, 0.1) is 15.7 Å². The van der Waals surface area contributed by atoms with Gasteiger partial charge in [0.2, 0.25) is 0 Å². The molecule has 0 saturated carbocycles. The first-order valence-electron chi connectivity index (χ1n) is 9.66. The lowest BCUT2D eigenvalue weighted by Crippen LogP contribution is -2.35. The maximum Gasteiger partial charge on any atom is 0.251 e. The van der Waals surface area contributed by atoms with Crippen molar-refractivity contribution in [1.82, 2.24) is 5.32 Å². The second-order valence-corrected chi connectivity index (χ2v) is 9.77. The van der Waals surface area contributed by atoms with Crippen molar-refractivity contribution >= 4 is 38.9 Å². The number of halogens is 2. The number of nitrogens with one attached hydrogen (secondary N) is 1. The standard InChI is InChI=1S/C23H21Cl2NO5S/c24-20-7-4-8-21(22(20)25)31-14-18(27)13-26-23(28)17-11-9-16(10-12-17)15-32(29,30)19-5-2-1-3-6-19/h1-12,18,27H,13-15H2,(H,26,28). The Balaban J connectivity index is 1.50. The lowest BCUT2D eigenvalue weighted by molar-refractivity contribution is 0.0844. The monoisotopic (exact) mass is 493 g/mol. The SMILES string of the molecule is O=C(NCC(O)COc1cccc(Cl)c1Cl)c1ccc(CS(=O)(=O)c2ccccc2)cc1. The van der Waals surface area contributed by atoms with Gasteiger partial charge in [0.15, 0.2) is 9.84 Å². The van der Waals surface area contributed by atoms with Crippen LogP contribution in [-0.2, 0) is 15.6 Å². The van der Waals surface area contributed by atoms with Crippen molar-refractivity contribution in [3.63, 3.8) is 0 Å². The topological polar surface area (TPSA) is 92.7 Å². The maximum absolute atomic E-state index is 12.5. The second-order valence-electron chi connectivity index (χ2n) is 7.00. The highest BCUT2D eigenvalue weighted by Gasteiger charge is 2.16. The Kier molecular flexibility index (Phi) is 8.15. The average Bonchev–Trinajstić information content (AvgIpc) is 2.79. The second kappa shape index (κ2) is 10.8. The van der Waals surface area contributed by atoms with Gasteiger partial charge in [-0.3, -0.25) is 4.79 Å². The van der Waals surface area contributed by atoms with Gasteiger partial charge in [0.1, 0.15) is 23.5 Å². The van der Waals surface area contributed by atoms with Crippen LogP contribution >= 0.6 is 23.2 Å². The minimum absolute atomic E-state index is 0.0405. The van der Waals surface area contributed by atoms with E-state index in [2.05, 4.69) is 5.32 Å². The summed E-state index contributed by atoms with van der Waals surface area (Å²) < 4.78 is 30.4. The van der Waals surface area contributed by atoms with E-state index in [9.17, 15) is 18.3 Å². The summed E-state index contributed by atoms with van der Waals surface area (Å²) >= 11 is 11.9. The number of aliphatic hydroxyl groups is 1. The quantitative estimate of drug-likeness (QED) is 0.467. The van der Waals surface area contributed by atoms with E-state index in [0.29, 0.717) is 21.9 Å². The van der Waals surface area contributed by atoms with E-state index in [1.54, 1.807) is 72.8 Å². The number of aliphatic hydroxyl groups excluding tert-OH is 1. The van der Waals surface area contributed by atoms with Crippen molar-refractivity contribution in [3.05, 3.63) is 94.0 Å². The van der Waals surface area contributed by atoms with Crippen molar-refractivity contribution in [2.75, 3.05) is 13.2 Å². The van der Waals surface area contributed by atoms with Crippen LogP contribution in [-0.4, -0.2) is 38.7 Å². The van der Waals surface area contributed by atoms with Gasteiger partial charge in [0, 0.05) is 12.1 Å². The van der Waals surface area contributed by atoms with Crippen LogP contribution in [0.25, 0.3) is 0 Å². The Bertz CT molecular complexity index is 1170. The molecule has 0 aliphatic heterocycles. The van der Waals surface area contributed by atoms with Crippen LogP contribution in [0.1, 0.15) is 15.9 Å². The van der Waals surface area contributed by atoms with Crippen molar-refractivity contribution in [3.8, 4) is 5.75 Å². The molecule has 6 nitrogen and oxygen atoms in total. The third-order valence-electron chi connectivity index (χ3n) is 4.52. The number of rotatable bonds is 9. The zero-order valence-electron chi connectivity index (χ0n) is 16.9. The summed E-state index contributed by atoms with van der Waals surface area (Å²) in [5, 5.41) is 13.3. The number of carbonyl (C=O) groups is 1. The minimum atomic E-state index is -3.47. The maximum atomic E-state index is 12.5. The molecule has 0 bridgehead atoms. The molecule has 9 heteroatoms. The molecule has 32 heavy (non-hydrogen) atoms. The van der Waals surface area contributed by atoms with Crippen molar-refractivity contribution < 1.29 is 23.1 Å². The van der Waals surface area contributed by atoms with Crippen molar-refractivity contribution in [2.45, 2.75) is 16.8 Å². The Morgan fingerprint density at radius 2 is 1.66 bits per heavy atom. The van der Waals surface area contributed by atoms with Gasteiger partial charge >= 0.3 is 0 Å². The Labute approximate surface area is 196 Å². The van der Waals surface area contributed by atoms with Gasteiger partial charge in [-0.15, -0.1) is 0 Å². The van der Waals surface area contributed by atoms with E-state index in [4.69, 9.17) is 27.9 Å². The molecular formula is C23H21Cl2NO5S. The highest BCUT2D eigenvalue weighted by atomic mass is 35.5. The average molecular weight is 494 g/mol. The molecule has 0 radical (unpaired) electrons. The van der Waals surface area contributed by atoms with Gasteiger partial charge in [0.25, 0.3) is 5.91 Å². The lowest BCUT2D eigenvalue weighted by Gasteiger charge is -2.14. The minimum Gasteiger partial charge on any atom is -0.489 e. The number of hydrogen-bond donors (Lipinski definition) is 2. The molecule has 0 heterocycles. The molecule has 1 unspecified atom stereocenters. The van der Waals surface area contributed by atoms with Crippen LogP contribution in [0.15, 0.2) is 77.7 Å². The molecule has 1 atom stereocenters. The molecule has 0 aliphatic carbocycles. The molecule has 0 spiro atoms. The molecule has 0 saturated heterocycles. The van der Waals surface area contributed by atoms with E-state index in [1.807, 2.05) is 0 Å². The van der Waals surface area contributed by atoms with Crippen LogP contribution in [0.4, 0.5) is 0 Å². The summed E-state index contributed by atoms with van der Waals surface area (Å²) in [6.45, 7) is -0.127. The van der Waals surface area contributed by atoms with E-state index < -0.39 is 21.8 Å². The molecule has 3 aromatic rings. The zero-order chi connectivity index (χ0) is 23.1. The molecule has 168 valence electrons. The predicted molar refractivity (Wildman–Crippen MR) is 124 cm³/mol. The number of benzene rings is 3. The number of sulfone groups is 1. The number of amides is 1. The van der Waals surface area contributed by atoms with Gasteiger partial charge in [-0.05, 0) is 42.0 Å². The highest BCUT2D eigenvalue weighted by molar-refractivity contribution is 7.90. The summed E-state index contributed by atoms with van der Waals surface area (Å²) in [5.41, 5.74) is 0.911. The molecule has 0 aromatic heterocycles. The van der Waals surface area contributed by atoms with E-state index in [0.717, 1.165) is 0 Å². The number of carbonyl (C=O) groups excluding carboxylic acids is 1. The zero-order valence-corrected chi connectivity index (χ0v) is 19.2. The Morgan fingerprint density at radius 3 is 2.34 bits per heavy atom. The van der Waals surface area contributed by atoms with Crippen molar-refractivity contribution in [2.24, 2.45) is 0 Å². The Morgan fingerprint density at radius 1 is 0.969 bits per heavy atom. The smallest absolute Gasteiger partial charge is 0.251 e. The fourth-order valence-electron chi connectivity index (χ4n) is 2.84. The molecule has 0 fully saturated rings. The summed E-state index contributed by atoms with van der Waals surface area (Å²) in [5.74, 6) is -0.228. The first kappa shape index (κ1) is 24.1. The molecule has 1 amide bonds. The molecule has 2 N–H and O–H groups in total. The fraction of sp³-hybridized carbons (Fsp3) is 0.174. The lowest BCUT2D eigenvalue weighted by atomic mass is 10.1. The summed E-state index contributed by atoms with van der Waals surface area (Å²) in [4.78, 5) is 12.6. The van der Waals surface area contributed by atoms with Crippen LogP contribution in [0, 0.1) is 0 Å². The summed E-state index contributed by atoms with van der Waals surface area (Å²) in [7, 11) is -3.47. The normalized spacial score (nSPS) is 12.2. The molecule has 3 aromatic carbocycles. The van der Waals surface area contributed by atoms with E-state index in [1.165, 1.54) is 0 Å². The van der Waals surface area contributed by atoms with Gasteiger partial charge in [-0.1, -0.05) is 59.6 Å². The highest BCUT2D eigenvalue weighted by Crippen LogP contribution is 2.31. The number of ether oxygens (including phenoxy) is 1. The van der Waals surface area contributed by atoms with Gasteiger partial charge in [-0.2, -0.15) is 0 Å². The first-order chi connectivity index (χ1) is 15.3. The van der Waals surface area contributed by atoms with Crippen LogP contribution < -0.4 is 10.1 Å². The molecule has 0 aliphatic rings. The third-order valence-corrected chi connectivity index (χ3v) is 7.03. The largest absolute Gasteiger partial charge is 0.489 e. The summed E-state index contributed by atoms with van der Waals surface area (Å²) in [6, 6.07) is 19.4. The fourth-order valence-corrected chi connectivity index (χ4v) is 4.55. The van der Waals surface area contributed by atoms with Crippen molar-refractivity contribution in [1.29, 1.82) is 0 Å². The van der Waals surface area contributed by atoms with Crippen LogP contribution in [0.5, 0.6) is 5.75 Å². The number of hydrogen-bond acceptors (Lipinski definition) is 5. The molecular weight excluding hydrogens is 473 g/mol. The van der Waals surface area contributed by atoms with Gasteiger partial charge < -0.3 is 15.2 Å². The third kappa shape index (κ3) is 6.46.